The molecule has 2 atom stereocenters. The first-order chi connectivity index (χ1) is 13.1. The molecule has 1 aliphatic heterocycles. The van der Waals surface area contributed by atoms with Gasteiger partial charge in [0, 0.05) is 0 Å². The van der Waals surface area contributed by atoms with Crippen molar-refractivity contribution in [1.29, 1.82) is 0 Å². The summed E-state index contributed by atoms with van der Waals surface area (Å²) in [5, 5.41) is 12.1. The van der Waals surface area contributed by atoms with Crippen LogP contribution in [0.3, 0.4) is 0 Å². The van der Waals surface area contributed by atoms with Crippen LogP contribution in [0.5, 0.6) is 5.75 Å². The van der Waals surface area contributed by atoms with Crippen molar-refractivity contribution in [2.75, 3.05) is 40.0 Å². The lowest BCUT2D eigenvalue weighted by Gasteiger charge is -2.42. The van der Waals surface area contributed by atoms with E-state index in [0.29, 0.717) is 0 Å². The van der Waals surface area contributed by atoms with Gasteiger partial charge in [-0.1, -0.05) is 56.3 Å². The zero-order valence-electron chi connectivity index (χ0n) is 16.7. The molecule has 1 aliphatic rings. The Kier molecular flexibility index (Phi) is 6.53. The van der Waals surface area contributed by atoms with Gasteiger partial charge >= 0.3 is 0 Å². The number of methoxy groups -OCH3 is 1. The van der Waals surface area contributed by atoms with Crippen LogP contribution in [0.25, 0.3) is 0 Å². The molecule has 1 heterocycles. The summed E-state index contributed by atoms with van der Waals surface area (Å²) in [5.41, 5.74) is 1.17. The normalized spacial score (nSPS) is 18.9. The van der Waals surface area contributed by atoms with Gasteiger partial charge < -0.3 is 19.5 Å². The second-order valence-electron chi connectivity index (χ2n) is 7.74. The van der Waals surface area contributed by atoms with Gasteiger partial charge in [0.25, 0.3) is 0 Å². The van der Waals surface area contributed by atoms with Crippen LogP contribution in [-0.2, 0) is 10.3 Å². The number of ether oxygens (including phenoxy) is 2. The molecule has 0 saturated carbocycles. The molecule has 0 unspecified atom stereocenters. The third-order valence-electron chi connectivity index (χ3n) is 5.86. The van der Waals surface area contributed by atoms with E-state index in [9.17, 15) is 5.11 Å². The number of benzene rings is 2. The van der Waals surface area contributed by atoms with Gasteiger partial charge in [0.05, 0.1) is 32.8 Å². The monoisotopic (exact) mass is 370 g/mol. The predicted octanol–water partition coefficient (Wildman–Crippen LogP) is 2.24. The topological polar surface area (TPSA) is 43.1 Å². The molecule has 0 radical (unpaired) electrons. The van der Waals surface area contributed by atoms with E-state index in [1.807, 2.05) is 30.3 Å². The Morgan fingerprint density at radius 1 is 1.04 bits per heavy atom. The Morgan fingerprint density at radius 3 is 2.22 bits per heavy atom. The molecular formula is C23H32NO3+. The Balaban J connectivity index is 2.01. The number of hydrogen-bond donors (Lipinski definition) is 2. The van der Waals surface area contributed by atoms with Gasteiger partial charge in [-0.15, -0.1) is 0 Å². The summed E-state index contributed by atoms with van der Waals surface area (Å²) in [6.07, 6.45) is 0. The summed E-state index contributed by atoms with van der Waals surface area (Å²) in [4.78, 5) is 1.49. The largest absolute Gasteiger partial charge is 0.497 e. The van der Waals surface area contributed by atoms with Crippen molar-refractivity contribution >= 4 is 0 Å². The van der Waals surface area contributed by atoms with E-state index in [2.05, 4.69) is 38.1 Å². The van der Waals surface area contributed by atoms with Gasteiger partial charge in [0.2, 0.25) is 0 Å². The third-order valence-corrected chi connectivity index (χ3v) is 5.86. The summed E-state index contributed by atoms with van der Waals surface area (Å²) in [7, 11) is 1.66. The van der Waals surface area contributed by atoms with E-state index in [1.165, 1.54) is 10.5 Å². The zero-order valence-corrected chi connectivity index (χ0v) is 16.7. The molecule has 0 aromatic heterocycles. The van der Waals surface area contributed by atoms with Crippen molar-refractivity contribution < 1.29 is 19.5 Å². The van der Waals surface area contributed by atoms with Crippen molar-refractivity contribution in [3.63, 3.8) is 0 Å². The molecule has 0 spiro atoms. The molecule has 2 aromatic rings. The Labute approximate surface area is 162 Å². The highest BCUT2D eigenvalue weighted by molar-refractivity contribution is 5.35. The molecule has 3 rings (SSSR count). The summed E-state index contributed by atoms with van der Waals surface area (Å²) in [6, 6.07) is 18.3. The molecule has 27 heavy (non-hydrogen) atoms. The minimum Gasteiger partial charge on any atom is -0.497 e. The van der Waals surface area contributed by atoms with Crippen LogP contribution in [0.2, 0.25) is 0 Å². The van der Waals surface area contributed by atoms with Crippen LogP contribution in [-0.4, -0.2) is 45.1 Å². The highest BCUT2D eigenvalue weighted by Gasteiger charge is 2.44. The minimum atomic E-state index is -0.959. The summed E-state index contributed by atoms with van der Waals surface area (Å²) < 4.78 is 10.8. The molecule has 2 aromatic carbocycles. The second kappa shape index (κ2) is 8.87. The number of quaternary nitrogens is 1. The van der Waals surface area contributed by atoms with Gasteiger partial charge in [-0.25, -0.2) is 0 Å². The summed E-state index contributed by atoms with van der Waals surface area (Å²) in [6.45, 7) is 8.65. The molecule has 1 fully saturated rings. The fourth-order valence-electron chi connectivity index (χ4n) is 4.16. The van der Waals surface area contributed by atoms with Crippen molar-refractivity contribution in [3.05, 3.63) is 65.7 Å². The van der Waals surface area contributed by atoms with Gasteiger partial charge in [0.1, 0.15) is 24.4 Å². The number of aliphatic hydroxyl groups is 1. The summed E-state index contributed by atoms with van der Waals surface area (Å²) in [5.74, 6) is 0.872. The smallest absolute Gasteiger partial charge is 0.118 e. The van der Waals surface area contributed by atoms with Gasteiger partial charge in [-0.3, -0.25) is 0 Å². The predicted molar refractivity (Wildman–Crippen MR) is 107 cm³/mol. The maximum atomic E-state index is 12.1. The third kappa shape index (κ3) is 4.34. The maximum Gasteiger partial charge on any atom is 0.118 e. The standard InChI is InChI=1S/C23H31NO3/c1-18(2)23(25,20-9-11-21(26-3)12-10-20)22(19-7-5-4-6-8-19)17-24-13-15-27-16-14-24/h4-12,18,22,25H,13-17H2,1-3H3/p+1/t22-,23+/m0/s1. The molecule has 4 nitrogen and oxygen atoms in total. The SMILES string of the molecule is COc1ccc([C@](O)(C(C)C)[C@@H](C[NH+]2CCOCC2)c2ccccc2)cc1. The number of rotatable bonds is 7. The number of nitrogens with one attached hydrogen (secondary N) is 1. The number of hydrogen-bond acceptors (Lipinski definition) is 3. The molecular weight excluding hydrogens is 338 g/mol. The fraction of sp³-hybridized carbons (Fsp3) is 0.478. The first-order valence-corrected chi connectivity index (χ1v) is 9.89. The van der Waals surface area contributed by atoms with E-state index >= 15 is 0 Å². The molecule has 0 bridgehead atoms. The van der Waals surface area contributed by atoms with E-state index in [-0.39, 0.29) is 11.8 Å². The van der Waals surface area contributed by atoms with Crippen LogP contribution in [0.4, 0.5) is 0 Å². The van der Waals surface area contributed by atoms with Crippen molar-refractivity contribution in [1.82, 2.24) is 0 Å². The zero-order chi connectivity index (χ0) is 19.3. The molecule has 1 saturated heterocycles. The van der Waals surface area contributed by atoms with Gasteiger partial charge in [-0.05, 0) is 29.2 Å². The first kappa shape index (κ1) is 19.9. The van der Waals surface area contributed by atoms with E-state index in [4.69, 9.17) is 9.47 Å². The quantitative estimate of drug-likeness (QED) is 0.786. The van der Waals surface area contributed by atoms with Gasteiger partial charge in [-0.2, -0.15) is 0 Å². The van der Waals surface area contributed by atoms with Crippen molar-refractivity contribution in [3.8, 4) is 5.75 Å². The van der Waals surface area contributed by atoms with Crippen LogP contribution in [0.15, 0.2) is 54.6 Å². The van der Waals surface area contributed by atoms with Crippen LogP contribution >= 0.6 is 0 Å². The van der Waals surface area contributed by atoms with Crippen LogP contribution in [0, 0.1) is 5.92 Å². The second-order valence-corrected chi connectivity index (χ2v) is 7.74. The molecule has 4 heteroatoms. The van der Waals surface area contributed by atoms with Crippen molar-refractivity contribution in [2.24, 2.45) is 5.92 Å². The maximum absolute atomic E-state index is 12.1. The molecule has 0 aliphatic carbocycles. The Bertz CT molecular complexity index is 695. The average Bonchev–Trinajstić information content (AvgIpc) is 2.73. The average molecular weight is 371 g/mol. The van der Waals surface area contributed by atoms with Crippen LogP contribution < -0.4 is 9.64 Å². The number of morpholine rings is 1. The summed E-state index contributed by atoms with van der Waals surface area (Å²) >= 11 is 0. The van der Waals surface area contributed by atoms with Crippen LogP contribution in [0.1, 0.15) is 30.9 Å². The highest BCUT2D eigenvalue weighted by atomic mass is 16.5. The molecule has 146 valence electrons. The lowest BCUT2D eigenvalue weighted by Crippen LogP contribution is -3.14. The van der Waals surface area contributed by atoms with Gasteiger partial charge in [0.15, 0.2) is 0 Å². The first-order valence-electron chi connectivity index (χ1n) is 9.89. The van der Waals surface area contributed by atoms with E-state index in [0.717, 1.165) is 44.2 Å². The highest BCUT2D eigenvalue weighted by Crippen LogP contribution is 2.42. The lowest BCUT2D eigenvalue weighted by atomic mass is 9.70. The minimum absolute atomic E-state index is 0.000180. The Morgan fingerprint density at radius 2 is 1.67 bits per heavy atom. The Hall–Kier alpha value is -1.88. The molecule has 2 N–H and O–H groups in total. The fourth-order valence-corrected chi connectivity index (χ4v) is 4.16. The lowest BCUT2D eigenvalue weighted by molar-refractivity contribution is -0.910. The van der Waals surface area contributed by atoms with E-state index in [1.54, 1.807) is 7.11 Å². The van der Waals surface area contributed by atoms with Crippen molar-refractivity contribution in [2.45, 2.75) is 25.4 Å². The molecule has 0 amide bonds. The van der Waals surface area contributed by atoms with E-state index < -0.39 is 5.60 Å².